The Hall–Kier alpha value is -2.47. The molecule has 1 aromatic carbocycles. The quantitative estimate of drug-likeness (QED) is 0.681. The number of nitrogens with two attached hydrogens (primary N) is 1. The van der Waals surface area contributed by atoms with Crippen LogP contribution < -0.4 is 16.4 Å². The molecule has 23 heavy (non-hydrogen) atoms. The van der Waals surface area contributed by atoms with Crippen molar-refractivity contribution in [3.63, 3.8) is 0 Å². The van der Waals surface area contributed by atoms with Crippen molar-refractivity contribution in [3.05, 3.63) is 42.1 Å². The molecule has 0 aliphatic rings. The molecular weight excluding hydrogens is 290 g/mol. The number of hydrogen-bond acceptors (Lipinski definition) is 6. The van der Waals surface area contributed by atoms with E-state index in [4.69, 9.17) is 5.73 Å². The number of carbonyl (C=O) groups is 1. The van der Waals surface area contributed by atoms with Gasteiger partial charge in [0.05, 0.1) is 5.56 Å². The second kappa shape index (κ2) is 7.69. The van der Waals surface area contributed by atoms with Crippen LogP contribution in [-0.4, -0.2) is 27.8 Å². The fraction of sp³-hybridized carbons (Fsp3) is 0.353. The van der Waals surface area contributed by atoms with E-state index in [-0.39, 0.29) is 17.9 Å². The van der Waals surface area contributed by atoms with Gasteiger partial charge in [-0.15, -0.1) is 0 Å². The molecule has 0 radical (unpaired) electrons. The first-order valence-corrected chi connectivity index (χ1v) is 7.73. The lowest BCUT2D eigenvalue weighted by Gasteiger charge is -2.20. The fourth-order valence-corrected chi connectivity index (χ4v) is 2.13. The van der Waals surface area contributed by atoms with Gasteiger partial charge in [-0.25, -0.2) is 4.98 Å². The van der Waals surface area contributed by atoms with Gasteiger partial charge in [0, 0.05) is 24.0 Å². The van der Waals surface area contributed by atoms with E-state index < -0.39 is 0 Å². The van der Waals surface area contributed by atoms with Crippen LogP contribution in [0.4, 0.5) is 17.5 Å². The number of benzene rings is 1. The van der Waals surface area contributed by atoms with Crippen LogP contribution in [0.25, 0.3) is 0 Å². The number of Topliss-reactive ketones (excluding diaryl/α,β-unsaturated/α-hetero) is 1. The van der Waals surface area contributed by atoms with Crippen molar-refractivity contribution in [3.8, 4) is 0 Å². The topological polar surface area (TPSA) is 92.9 Å². The Morgan fingerprint density at radius 3 is 2.61 bits per heavy atom. The molecule has 1 heterocycles. The van der Waals surface area contributed by atoms with Crippen molar-refractivity contribution in [1.82, 2.24) is 9.97 Å². The highest BCUT2D eigenvalue weighted by Crippen LogP contribution is 2.20. The summed E-state index contributed by atoms with van der Waals surface area (Å²) in [5.74, 6) is 0.844. The molecule has 0 aliphatic heterocycles. The van der Waals surface area contributed by atoms with Crippen LogP contribution in [0.1, 0.15) is 37.6 Å². The third-order valence-corrected chi connectivity index (χ3v) is 3.67. The van der Waals surface area contributed by atoms with Crippen molar-refractivity contribution >= 4 is 23.2 Å². The molecule has 0 unspecified atom stereocenters. The Morgan fingerprint density at radius 2 is 2.00 bits per heavy atom. The molecule has 0 saturated heterocycles. The lowest BCUT2D eigenvalue weighted by Crippen LogP contribution is -2.37. The first kappa shape index (κ1) is 16.9. The molecule has 2 atom stereocenters. The normalized spacial score (nSPS) is 13.2. The molecule has 0 bridgehead atoms. The van der Waals surface area contributed by atoms with Crippen LogP contribution in [0.5, 0.6) is 0 Å². The van der Waals surface area contributed by atoms with Crippen LogP contribution in [0.3, 0.4) is 0 Å². The second-order valence-corrected chi connectivity index (χ2v) is 5.51. The first-order valence-electron chi connectivity index (χ1n) is 7.73. The molecule has 2 rings (SSSR count). The monoisotopic (exact) mass is 313 g/mol. The van der Waals surface area contributed by atoms with E-state index in [1.54, 1.807) is 0 Å². The summed E-state index contributed by atoms with van der Waals surface area (Å²) >= 11 is 0. The van der Waals surface area contributed by atoms with Crippen molar-refractivity contribution < 1.29 is 4.79 Å². The molecule has 0 fully saturated rings. The molecule has 0 aliphatic carbocycles. The van der Waals surface area contributed by atoms with Gasteiger partial charge in [-0.3, -0.25) is 4.79 Å². The number of aromatic nitrogens is 2. The maximum Gasteiger partial charge on any atom is 0.224 e. The predicted octanol–water partition coefficient (Wildman–Crippen LogP) is 2.96. The number of rotatable bonds is 7. The lowest BCUT2D eigenvalue weighted by molar-refractivity contribution is 0.101. The van der Waals surface area contributed by atoms with E-state index in [0.717, 1.165) is 12.1 Å². The molecule has 2 aromatic rings. The zero-order chi connectivity index (χ0) is 16.8. The van der Waals surface area contributed by atoms with E-state index in [0.29, 0.717) is 17.3 Å². The first-order chi connectivity index (χ1) is 11.0. The van der Waals surface area contributed by atoms with Crippen molar-refractivity contribution in [2.75, 3.05) is 10.6 Å². The summed E-state index contributed by atoms with van der Waals surface area (Å²) in [6, 6.07) is 9.63. The van der Waals surface area contributed by atoms with E-state index in [9.17, 15) is 4.79 Å². The average molecular weight is 313 g/mol. The second-order valence-electron chi connectivity index (χ2n) is 5.51. The van der Waals surface area contributed by atoms with E-state index in [1.807, 2.05) is 44.2 Å². The highest BCUT2D eigenvalue weighted by molar-refractivity contribution is 5.99. The minimum atomic E-state index is -0.0895. The Bertz CT molecular complexity index is 659. The molecule has 1 aromatic heterocycles. The summed E-state index contributed by atoms with van der Waals surface area (Å²) in [5, 5.41) is 6.35. The van der Waals surface area contributed by atoms with Gasteiger partial charge in [0.2, 0.25) is 5.95 Å². The number of nitrogens with zero attached hydrogens (tertiary/aromatic N) is 2. The molecule has 6 nitrogen and oxygen atoms in total. The van der Waals surface area contributed by atoms with Crippen molar-refractivity contribution in [2.45, 2.75) is 39.3 Å². The van der Waals surface area contributed by atoms with Gasteiger partial charge in [0.25, 0.3) is 0 Å². The molecule has 4 N–H and O–H groups in total. The van der Waals surface area contributed by atoms with Crippen LogP contribution >= 0.6 is 0 Å². The third-order valence-electron chi connectivity index (χ3n) is 3.67. The van der Waals surface area contributed by atoms with E-state index >= 15 is 0 Å². The van der Waals surface area contributed by atoms with E-state index in [2.05, 4.69) is 20.6 Å². The number of carbonyl (C=O) groups excluding carboxylic acids is 1. The minimum Gasteiger partial charge on any atom is -0.350 e. The average Bonchev–Trinajstić information content (AvgIpc) is 2.55. The summed E-state index contributed by atoms with van der Waals surface area (Å²) in [6.45, 7) is 5.52. The minimum absolute atomic E-state index is 0.0108. The number of para-hydroxylation sites is 1. The summed E-state index contributed by atoms with van der Waals surface area (Å²) in [5.41, 5.74) is 7.33. The summed E-state index contributed by atoms with van der Waals surface area (Å²) in [7, 11) is 0. The third kappa shape index (κ3) is 4.50. The van der Waals surface area contributed by atoms with Gasteiger partial charge in [-0.2, -0.15) is 4.98 Å². The maximum absolute atomic E-state index is 11.8. The number of hydrogen-bond donors (Lipinski definition) is 3. The molecule has 0 spiro atoms. The smallest absolute Gasteiger partial charge is 0.224 e. The highest BCUT2D eigenvalue weighted by atomic mass is 16.1. The van der Waals surface area contributed by atoms with Gasteiger partial charge in [-0.1, -0.05) is 25.1 Å². The van der Waals surface area contributed by atoms with Crippen LogP contribution in [0.15, 0.2) is 36.5 Å². The summed E-state index contributed by atoms with van der Waals surface area (Å²) in [6.07, 6.45) is 2.39. The zero-order valence-corrected chi connectivity index (χ0v) is 13.7. The van der Waals surface area contributed by atoms with Crippen LogP contribution in [0, 0.1) is 0 Å². The van der Waals surface area contributed by atoms with Crippen molar-refractivity contribution in [2.24, 2.45) is 5.73 Å². The zero-order valence-electron chi connectivity index (χ0n) is 13.7. The molecule has 6 heteroatoms. The standard InChI is InChI=1S/C17H23N5O/c1-4-15(18)11(2)20-17-19-10-14(12(3)23)16(22-17)21-13-8-6-5-7-9-13/h5-11,15H,4,18H2,1-3H3,(H2,19,20,21,22)/t11-,15+/m1/s1. The summed E-state index contributed by atoms with van der Waals surface area (Å²) < 4.78 is 0. The number of nitrogens with one attached hydrogen (secondary N) is 2. The largest absolute Gasteiger partial charge is 0.350 e. The van der Waals surface area contributed by atoms with Crippen LogP contribution in [0.2, 0.25) is 0 Å². The van der Waals surface area contributed by atoms with Gasteiger partial charge in [0.1, 0.15) is 5.82 Å². The van der Waals surface area contributed by atoms with Gasteiger partial charge in [-0.05, 0) is 32.4 Å². The Balaban J connectivity index is 2.27. The molecule has 122 valence electrons. The number of ketones is 1. The van der Waals surface area contributed by atoms with Gasteiger partial charge in [0.15, 0.2) is 5.78 Å². The summed E-state index contributed by atoms with van der Waals surface area (Å²) in [4.78, 5) is 20.4. The molecule has 0 saturated carbocycles. The Labute approximate surface area is 136 Å². The maximum atomic E-state index is 11.8. The SMILES string of the molecule is CC[C@H](N)[C@@H](C)Nc1ncc(C(C)=O)c(Nc2ccccc2)n1. The van der Waals surface area contributed by atoms with Crippen LogP contribution in [-0.2, 0) is 0 Å². The van der Waals surface area contributed by atoms with Crippen molar-refractivity contribution in [1.29, 1.82) is 0 Å². The molecular formula is C17H23N5O. The van der Waals surface area contributed by atoms with Gasteiger partial charge >= 0.3 is 0 Å². The fourth-order valence-electron chi connectivity index (χ4n) is 2.13. The Morgan fingerprint density at radius 1 is 1.30 bits per heavy atom. The predicted molar refractivity (Wildman–Crippen MR) is 93.1 cm³/mol. The Kier molecular flexibility index (Phi) is 5.65. The highest BCUT2D eigenvalue weighted by Gasteiger charge is 2.15. The van der Waals surface area contributed by atoms with E-state index in [1.165, 1.54) is 13.1 Å². The molecule has 0 amide bonds. The lowest BCUT2D eigenvalue weighted by atomic mass is 10.1. The number of anilines is 3. The van der Waals surface area contributed by atoms with Gasteiger partial charge < -0.3 is 16.4 Å².